The second-order valence-electron chi connectivity index (χ2n) is 4.67. The van der Waals surface area contributed by atoms with Crippen LogP contribution in [0.4, 0.5) is 0 Å². The summed E-state index contributed by atoms with van der Waals surface area (Å²) in [5.41, 5.74) is 2.23. The van der Waals surface area contributed by atoms with Crippen LogP contribution in [0.1, 0.15) is 24.5 Å². The predicted octanol–water partition coefficient (Wildman–Crippen LogP) is 4.14. The van der Waals surface area contributed by atoms with Crippen molar-refractivity contribution in [1.29, 1.82) is 0 Å². The normalized spacial score (nSPS) is 13.7. The predicted molar refractivity (Wildman–Crippen MR) is 75.4 cm³/mol. The van der Waals surface area contributed by atoms with E-state index in [2.05, 4.69) is 31.2 Å². The van der Waals surface area contributed by atoms with Gasteiger partial charge in [-0.05, 0) is 25.8 Å². The van der Waals surface area contributed by atoms with Crippen molar-refractivity contribution in [3.05, 3.63) is 35.4 Å². The van der Waals surface area contributed by atoms with Crippen LogP contribution in [0.3, 0.4) is 0 Å². The summed E-state index contributed by atoms with van der Waals surface area (Å²) in [5, 5.41) is 0. The Balaban J connectivity index is 3.06. The van der Waals surface area contributed by atoms with E-state index in [4.69, 9.17) is 27.9 Å². The molecule has 17 heavy (non-hydrogen) atoms. The summed E-state index contributed by atoms with van der Waals surface area (Å²) < 4.78 is 5.34. The molecule has 96 valence electrons. The topological polar surface area (TPSA) is 9.23 Å². The third-order valence-corrected chi connectivity index (χ3v) is 4.25. The minimum Gasteiger partial charge on any atom is -0.382 e. The third-order valence-electron chi connectivity index (χ3n) is 3.22. The van der Waals surface area contributed by atoms with E-state index in [-0.39, 0.29) is 11.5 Å². The lowest BCUT2D eigenvalue weighted by Gasteiger charge is -2.32. The van der Waals surface area contributed by atoms with Gasteiger partial charge < -0.3 is 4.74 Å². The molecule has 0 saturated carbocycles. The van der Waals surface area contributed by atoms with Crippen molar-refractivity contribution in [1.82, 2.24) is 0 Å². The Morgan fingerprint density at radius 2 is 1.94 bits per heavy atom. The van der Waals surface area contributed by atoms with Gasteiger partial charge in [-0.3, -0.25) is 0 Å². The molecule has 1 unspecified atom stereocenters. The first kappa shape index (κ1) is 14.8. The molecule has 0 aromatic heterocycles. The first-order chi connectivity index (χ1) is 8.07. The van der Waals surface area contributed by atoms with Crippen molar-refractivity contribution in [2.45, 2.75) is 31.8 Å². The van der Waals surface area contributed by atoms with E-state index in [1.165, 1.54) is 11.1 Å². The number of halogens is 2. The molecule has 0 amide bonds. The minimum atomic E-state index is -0.204. The highest BCUT2D eigenvalue weighted by atomic mass is 35.5. The zero-order valence-corrected chi connectivity index (χ0v) is 12.2. The lowest BCUT2D eigenvalue weighted by Crippen LogP contribution is -2.34. The van der Waals surface area contributed by atoms with Crippen LogP contribution >= 0.6 is 23.2 Å². The average Bonchev–Trinajstić information content (AvgIpc) is 2.35. The average molecular weight is 275 g/mol. The molecule has 0 radical (unpaired) electrons. The Labute approximate surface area is 114 Å². The van der Waals surface area contributed by atoms with Crippen LogP contribution in [0.25, 0.3) is 0 Å². The zero-order chi connectivity index (χ0) is 12.9. The van der Waals surface area contributed by atoms with Crippen LogP contribution in [-0.4, -0.2) is 25.0 Å². The summed E-state index contributed by atoms with van der Waals surface area (Å²) in [4.78, 5) is 0. The highest BCUT2D eigenvalue weighted by Crippen LogP contribution is 2.33. The Kier molecular flexibility index (Phi) is 5.78. The molecule has 1 atom stereocenters. The van der Waals surface area contributed by atoms with Gasteiger partial charge in [0.25, 0.3) is 0 Å². The maximum Gasteiger partial charge on any atom is 0.0552 e. The number of rotatable bonds is 6. The molecule has 0 heterocycles. The Morgan fingerprint density at radius 1 is 1.29 bits per heavy atom. The zero-order valence-electron chi connectivity index (χ0n) is 10.7. The number of hydrogen-bond acceptors (Lipinski definition) is 1. The van der Waals surface area contributed by atoms with Gasteiger partial charge in [-0.2, -0.15) is 0 Å². The summed E-state index contributed by atoms with van der Waals surface area (Å²) in [6, 6.07) is 8.39. The van der Waals surface area contributed by atoms with Gasteiger partial charge in [0.1, 0.15) is 0 Å². The van der Waals surface area contributed by atoms with Gasteiger partial charge in [-0.1, -0.05) is 29.8 Å². The van der Waals surface area contributed by atoms with E-state index < -0.39 is 0 Å². The monoisotopic (exact) mass is 274 g/mol. The third kappa shape index (κ3) is 3.61. The van der Waals surface area contributed by atoms with Gasteiger partial charge in [-0.15, -0.1) is 23.2 Å². The summed E-state index contributed by atoms with van der Waals surface area (Å²) in [6.45, 7) is 4.13. The van der Waals surface area contributed by atoms with Gasteiger partial charge in [0.05, 0.1) is 6.10 Å². The molecule has 0 N–H and O–H groups in total. The second-order valence-corrected chi connectivity index (χ2v) is 5.20. The number of benzene rings is 1. The van der Waals surface area contributed by atoms with E-state index in [0.29, 0.717) is 11.8 Å². The van der Waals surface area contributed by atoms with Crippen molar-refractivity contribution in [2.75, 3.05) is 18.9 Å². The Hall–Kier alpha value is -0.240. The SMILES string of the molecule is COC(C)CC(CCl)(CCl)c1cccc(C)c1. The number of hydrogen-bond donors (Lipinski definition) is 0. The molecule has 0 saturated heterocycles. The van der Waals surface area contributed by atoms with Crippen molar-refractivity contribution in [3.8, 4) is 0 Å². The fraction of sp³-hybridized carbons (Fsp3) is 0.571. The smallest absolute Gasteiger partial charge is 0.0552 e. The molecular formula is C14H20Cl2O. The molecule has 0 bridgehead atoms. The summed E-state index contributed by atoms with van der Waals surface area (Å²) >= 11 is 12.3. The summed E-state index contributed by atoms with van der Waals surface area (Å²) in [7, 11) is 1.72. The molecule has 0 aliphatic rings. The van der Waals surface area contributed by atoms with E-state index >= 15 is 0 Å². The minimum absolute atomic E-state index is 0.146. The molecule has 1 aromatic carbocycles. The van der Waals surface area contributed by atoms with Crippen molar-refractivity contribution < 1.29 is 4.74 Å². The highest BCUT2D eigenvalue weighted by molar-refractivity contribution is 6.22. The molecular weight excluding hydrogens is 255 g/mol. The largest absolute Gasteiger partial charge is 0.382 e. The standard InChI is InChI=1S/C14H20Cl2O/c1-11-5-4-6-13(7-11)14(9-15,10-16)8-12(2)17-3/h4-7,12H,8-10H2,1-3H3. The second kappa shape index (κ2) is 6.63. The molecule has 1 aromatic rings. The molecule has 1 rings (SSSR count). The van der Waals surface area contributed by atoms with Gasteiger partial charge in [0, 0.05) is 24.3 Å². The number of aryl methyl sites for hydroxylation is 1. The fourth-order valence-corrected chi connectivity index (χ4v) is 2.84. The maximum absolute atomic E-state index is 6.17. The molecule has 0 spiro atoms. The van der Waals surface area contributed by atoms with E-state index in [1.54, 1.807) is 7.11 Å². The van der Waals surface area contributed by atoms with Crippen molar-refractivity contribution in [3.63, 3.8) is 0 Å². The first-order valence-electron chi connectivity index (χ1n) is 5.80. The number of methoxy groups -OCH3 is 1. The fourth-order valence-electron chi connectivity index (χ4n) is 2.03. The van der Waals surface area contributed by atoms with Crippen LogP contribution in [0.15, 0.2) is 24.3 Å². The van der Waals surface area contributed by atoms with Crippen LogP contribution in [0.2, 0.25) is 0 Å². The molecule has 0 fully saturated rings. The van der Waals surface area contributed by atoms with E-state index in [9.17, 15) is 0 Å². The molecule has 3 heteroatoms. The Morgan fingerprint density at radius 3 is 2.41 bits per heavy atom. The highest BCUT2D eigenvalue weighted by Gasteiger charge is 2.32. The van der Waals surface area contributed by atoms with Crippen LogP contribution in [0, 0.1) is 6.92 Å². The quantitative estimate of drug-likeness (QED) is 0.709. The first-order valence-corrected chi connectivity index (χ1v) is 6.87. The molecule has 1 nitrogen and oxygen atoms in total. The van der Waals surface area contributed by atoms with Crippen molar-refractivity contribution >= 4 is 23.2 Å². The van der Waals surface area contributed by atoms with Gasteiger partial charge in [0.2, 0.25) is 0 Å². The van der Waals surface area contributed by atoms with E-state index in [1.807, 2.05) is 6.92 Å². The number of ether oxygens (including phenoxy) is 1. The molecule has 0 aliphatic heterocycles. The Bertz CT molecular complexity index is 348. The van der Waals surface area contributed by atoms with E-state index in [0.717, 1.165) is 6.42 Å². The van der Waals surface area contributed by atoms with Gasteiger partial charge in [-0.25, -0.2) is 0 Å². The summed E-state index contributed by atoms with van der Waals surface area (Å²) in [5.74, 6) is 1.02. The van der Waals surface area contributed by atoms with Crippen LogP contribution in [-0.2, 0) is 10.2 Å². The number of alkyl halides is 2. The lowest BCUT2D eigenvalue weighted by atomic mass is 9.79. The summed E-state index contributed by atoms with van der Waals surface area (Å²) in [6.07, 6.45) is 0.980. The van der Waals surface area contributed by atoms with Crippen LogP contribution < -0.4 is 0 Å². The van der Waals surface area contributed by atoms with Crippen LogP contribution in [0.5, 0.6) is 0 Å². The lowest BCUT2D eigenvalue weighted by molar-refractivity contribution is 0.0938. The maximum atomic E-state index is 6.17. The van der Waals surface area contributed by atoms with Crippen molar-refractivity contribution in [2.24, 2.45) is 0 Å². The molecule has 0 aliphatic carbocycles. The van der Waals surface area contributed by atoms with Gasteiger partial charge in [0.15, 0.2) is 0 Å². The van der Waals surface area contributed by atoms with Gasteiger partial charge >= 0.3 is 0 Å².